The topological polar surface area (TPSA) is 41.6 Å². The number of benzene rings is 1. The third-order valence-corrected chi connectivity index (χ3v) is 3.48. The molecule has 1 fully saturated rings. The summed E-state index contributed by atoms with van der Waals surface area (Å²) in [4.78, 5) is 14.1. The molecule has 1 aromatic rings. The van der Waals surface area contributed by atoms with Gasteiger partial charge >= 0.3 is 0 Å². The first-order valence-electron chi connectivity index (χ1n) is 6.92. The Labute approximate surface area is 125 Å². The van der Waals surface area contributed by atoms with E-state index in [1.165, 1.54) is 0 Å². The molecule has 20 heavy (non-hydrogen) atoms. The lowest BCUT2D eigenvalue weighted by molar-refractivity contribution is -0.126. The highest BCUT2D eigenvalue weighted by Crippen LogP contribution is 2.11. The Morgan fingerprint density at radius 2 is 2.10 bits per heavy atom. The molecule has 4 nitrogen and oxygen atoms in total. The second-order valence-corrected chi connectivity index (χ2v) is 5.79. The molecule has 0 unspecified atom stereocenters. The number of rotatable bonds is 4. The zero-order valence-corrected chi connectivity index (χ0v) is 12.7. The van der Waals surface area contributed by atoms with Crippen molar-refractivity contribution in [1.82, 2.24) is 10.2 Å². The molecule has 1 N–H and O–H groups in total. The van der Waals surface area contributed by atoms with E-state index in [4.69, 9.17) is 16.3 Å². The zero-order chi connectivity index (χ0) is 14.5. The summed E-state index contributed by atoms with van der Waals surface area (Å²) < 4.78 is 5.65. The van der Waals surface area contributed by atoms with Crippen molar-refractivity contribution in [3.8, 4) is 0 Å². The number of morpholine rings is 1. The number of hydrogen-bond acceptors (Lipinski definition) is 3. The molecule has 0 spiro atoms. The van der Waals surface area contributed by atoms with Crippen LogP contribution in [0.25, 0.3) is 0 Å². The van der Waals surface area contributed by atoms with E-state index in [9.17, 15) is 4.79 Å². The molecule has 1 aliphatic heterocycles. The van der Waals surface area contributed by atoms with E-state index >= 15 is 0 Å². The molecular formula is C15H21ClN2O2. The minimum Gasteiger partial charge on any atom is -0.373 e. The van der Waals surface area contributed by atoms with E-state index < -0.39 is 0 Å². The van der Waals surface area contributed by atoms with Crippen LogP contribution in [0, 0.1) is 0 Å². The van der Waals surface area contributed by atoms with Crippen molar-refractivity contribution in [3.63, 3.8) is 0 Å². The highest BCUT2D eigenvalue weighted by molar-refractivity contribution is 6.30. The summed E-state index contributed by atoms with van der Waals surface area (Å²) in [5.41, 5.74) is 1.01. The fourth-order valence-corrected chi connectivity index (χ4v) is 2.73. The molecule has 110 valence electrons. The van der Waals surface area contributed by atoms with Gasteiger partial charge in [-0.1, -0.05) is 23.7 Å². The summed E-state index contributed by atoms with van der Waals surface area (Å²) in [5.74, 6) is 0.0336. The molecule has 1 aliphatic rings. The van der Waals surface area contributed by atoms with Gasteiger partial charge in [-0.2, -0.15) is 0 Å². The predicted octanol–water partition coefficient (Wildman–Crippen LogP) is 2.07. The number of carbonyl (C=O) groups excluding carboxylic acids is 1. The van der Waals surface area contributed by atoms with Crippen molar-refractivity contribution in [1.29, 1.82) is 0 Å². The molecular weight excluding hydrogens is 276 g/mol. The van der Waals surface area contributed by atoms with Gasteiger partial charge in [-0.15, -0.1) is 0 Å². The largest absolute Gasteiger partial charge is 0.373 e. The van der Waals surface area contributed by atoms with Crippen LogP contribution in [0.2, 0.25) is 5.02 Å². The van der Waals surface area contributed by atoms with Crippen molar-refractivity contribution < 1.29 is 9.53 Å². The van der Waals surface area contributed by atoms with Crippen LogP contribution < -0.4 is 5.32 Å². The van der Waals surface area contributed by atoms with Crippen molar-refractivity contribution in [2.24, 2.45) is 0 Å². The Morgan fingerprint density at radius 1 is 1.40 bits per heavy atom. The first-order valence-corrected chi connectivity index (χ1v) is 7.29. The van der Waals surface area contributed by atoms with Gasteiger partial charge in [0.05, 0.1) is 18.8 Å². The zero-order valence-electron chi connectivity index (χ0n) is 11.9. The number of nitrogens with one attached hydrogen (secondary N) is 1. The number of nitrogens with zero attached hydrogens (tertiary/aromatic N) is 1. The van der Waals surface area contributed by atoms with Crippen LogP contribution in [0.3, 0.4) is 0 Å². The maximum atomic E-state index is 12.0. The Morgan fingerprint density at radius 3 is 2.75 bits per heavy atom. The molecule has 0 bridgehead atoms. The first-order chi connectivity index (χ1) is 9.52. The molecule has 0 radical (unpaired) electrons. The molecule has 2 rings (SSSR count). The highest BCUT2D eigenvalue weighted by Gasteiger charge is 2.23. The molecule has 0 aromatic heterocycles. The van der Waals surface area contributed by atoms with Gasteiger partial charge in [0.2, 0.25) is 5.91 Å². The van der Waals surface area contributed by atoms with Crippen molar-refractivity contribution in [3.05, 3.63) is 34.9 Å². The second-order valence-electron chi connectivity index (χ2n) is 5.36. The minimum absolute atomic E-state index is 0.0336. The lowest BCUT2D eigenvalue weighted by Crippen LogP contribution is -2.49. The fraction of sp³-hybridized carbons (Fsp3) is 0.533. The van der Waals surface area contributed by atoms with E-state index in [1.807, 2.05) is 38.1 Å². The average molecular weight is 297 g/mol. The standard InChI is InChI=1S/C15H21ClN2O2/c1-11-8-18(9-12(2)20-11)10-15(19)17-7-13-4-3-5-14(16)6-13/h3-6,11-12H,7-10H2,1-2H3,(H,17,19)/t11-,12-/m0/s1. The fourth-order valence-electron chi connectivity index (χ4n) is 2.52. The number of amides is 1. The lowest BCUT2D eigenvalue weighted by Gasteiger charge is -2.34. The van der Waals surface area contributed by atoms with Crippen LogP contribution in [0.5, 0.6) is 0 Å². The van der Waals surface area contributed by atoms with Crippen LogP contribution in [-0.4, -0.2) is 42.6 Å². The van der Waals surface area contributed by atoms with Crippen LogP contribution in [-0.2, 0) is 16.1 Å². The van der Waals surface area contributed by atoms with Gasteiger partial charge in [0.1, 0.15) is 0 Å². The molecule has 1 saturated heterocycles. The number of halogens is 1. The quantitative estimate of drug-likeness (QED) is 0.925. The Bertz CT molecular complexity index is 457. The molecule has 1 heterocycles. The number of ether oxygens (including phenoxy) is 1. The summed E-state index contributed by atoms with van der Waals surface area (Å²) in [5, 5.41) is 3.61. The highest BCUT2D eigenvalue weighted by atomic mass is 35.5. The van der Waals surface area contributed by atoms with Gasteiger partial charge in [-0.05, 0) is 31.5 Å². The SMILES string of the molecule is C[C@H]1CN(CC(=O)NCc2cccc(Cl)c2)C[C@H](C)O1. The van der Waals surface area contributed by atoms with Gasteiger partial charge in [0.25, 0.3) is 0 Å². The van der Waals surface area contributed by atoms with Crippen LogP contribution in [0.1, 0.15) is 19.4 Å². The van der Waals surface area contributed by atoms with E-state index in [0.29, 0.717) is 18.1 Å². The summed E-state index contributed by atoms with van der Waals surface area (Å²) in [6, 6.07) is 7.52. The summed E-state index contributed by atoms with van der Waals surface area (Å²) in [6.45, 7) is 6.59. The average Bonchev–Trinajstić information content (AvgIpc) is 2.35. The van der Waals surface area contributed by atoms with Crippen molar-refractivity contribution in [2.75, 3.05) is 19.6 Å². The number of hydrogen-bond donors (Lipinski definition) is 1. The maximum Gasteiger partial charge on any atom is 0.234 e. The summed E-state index contributed by atoms with van der Waals surface area (Å²) >= 11 is 5.91. The normalized spacial score (nSPS) is 23.6. The lowest BCUT2D eigenvalue weighted by atomic mass is 10.2. The predicted molar refractivity (Wildman–Crippen MR) is 79.7 cm³/mol. The Balaban J connectivity index is 1.78. The molecule has 0 aliphatic carbocycles. The third kappa shape index (κ3) is 4.78. The van der Waals surface area contributed by atoms with Gasteiger partial charge in [0, 0.05) is 24.7 Å². The van der Waals surface area contributed by atoms with Gasteiger partial charge in [0.15, 0.2) is 0 Å². The Kier molecular flexibility index (Phi) is 5.40. The Hall–Kier alpha value is -1.10. The monoisotopic (exact) mass is 296 g/mol. The molecule has 1 amide bonds. The van der Waals surface area contributed by atoms with Gasteiger partial charge in [-0.3, -0.25) is 9.69 Å². The van der Waals surface area contributed by atoms with Crippen molar-refractivity contribution >= 4 is 17.5 Å². The van der Waals surface area contributed by atoms with E-state index in [0.717, 1.165) is 18.7 Å². The molecule has 5 heteroatoms. The van der Waals surface area contributed by atoms with Gasteiger partial charge in [-0.25, -0.2) is 0 Å². The van der Waals surface area contributed by atoms with E-state index in [1.54, 1.807) is 0 Å². The third-order valence-electron chi connectivity index (χ3n) is 3.24. The van der Waals surface area contributed by atoms with Crippen LogP contribution >= 0.6 is 11.6 Å². The van der Waals surface area contributed by atoms with Crippen LogP contribution in [0.4, 0.5) is 0 Å². The molecule has 0 saturated carbocycles. The van der Waals surface area contributed by atoms with E-state index in [2.05, 4.69) is 10.2 Å². The summed E-state index contributed by atoms with van der Waals surface area (Å²) in [6.07, 6.45) is 0.360. The molecule has 1 aromatic carbocycles. The smallest absolute Gasteiger partial charge is 0.234 e. The number of carbonyl (C=O) groups is 1. The van der Waals surface area contributed by atoms with Gasteiger partial charge < -0.3 is 10.1 Å². The maximum absolute atomic E-state index is 12.0. The minimum atomic E-state index is 0.0336. The van der Waals surface area contributed by atoms with Crippen LogP contribution in [0.15, 0.2) is 24.3 Å². The first kappa shape index (κ1) is 15.3. The second kappa shape index (κ2) is 7.07. The van der Waals surface area contributed by atoms with Crippen molar-refractivity contribution in [2.45, 2.75) is 32.6 Å². The summed E-state index contributed by atoms with van der Waals surface area (Å²) in [7, 11) is 0. The van der Waals surface area contributed by atoms with E-state index in [-0.39, 0.29) is 18.1 Å². The molecule has 2 atom stereocenters.